The highest BCUT2D eigenvalue weighted by Crippen LogP contribution is 2.62. The minimum Gasteiger partial charge on any atom is -0.616 e. The molecule has 0 amide bonds. The number of carbonyl (C=O) groups is 2. The van der Waals surface area contributed by atoms with Crippen LogP contribution in [0.2, 0.25) is 0 Å². The number of ketones is 2. The van der Waals surface area contributed by atoms with E-state index >= 15 is 0 Å². The number of hydrogen-bond acceptors (Lipinski definition) is 5. The first-order chi connectivity index (χ1) is 19.2. The number of Topliss-reactive ketones (excluding diaryl/α,β-unsaturated/α-hetero) is 2. The highest BCUT2D eigenvalue weighted by atomic mass is 31.2. The summed E-state index contributed by atoms with van der Waals surface area (Å²) in [5, 5.41) is 4.04. The van der Waals surface area contributed by atoms with Gasteiger partial charge >= 0.3 is 7.94 Å². The molecule has 0 saturated heterocycles. The summed E-state index contributed by atoms with van der Waals surface area (Å²) in [4.78, 5) is 39.6. The van der Waals surface area contributed by atoms with E-state index in [1.54, 1.807) is 6.92 Å². The Kier molecular flexibility index (Phi) is 6.45. The Bertz CT molecular complexity index is 1710. The van der Waals surface area contributed by atoms with Crippen molar-refractivity contribution in [2.75, 3.05) is 0 Å². The lowest BCUT2D eigenvalue weighted by molar-refractivity contribution is -0.203. The second-order valence-corrected chi connectivity index (χ2v) is 12.6. The summed E-state index contributed by atoms with van der Waals surface area (Å²) in [6.07, 6.45) is 0.184. The van der Waals surface area contributed by atoms with Gasteiger partial charge in [0.1, 0.15) is 11.6 Å². The molecule has 0 aromatic heterocycles. The van der Waals surface area contributed by atoms with E-state index in [2.05, 4.69) is 0 Å². The average molecular weight is 549 g/mol. The van der Waals surface area contributed by atoms with Crippen molar-refractivity contribution < 1.29 is 23.5 Å². The molecule has 0 saturated carbocycles. The Morgan fingerprint density at radius 2 is 1.12 bits per heavy atom. The van der Waals surface area contributed by atoms with Gasteiger partial charge in [0.15, 0.2) is 17.7 Å². The molecular formula is C34H29O5P. The van der Waals surface area contributed by atoms with Gasteiger partial charge in [-0.15, -0.1) is 0 Å². The molecule has 1 aliphatic heterocycles. The van der Waals surface area contributed by atoms with Crippen LogP contribution in [-0.4, -0.2) is 11.6 Å². The SMILES string of the molecule is CC(=O)C(C)(Cc1ccccc1C[P+]1([O-])Oc2ccc3ccccc3c2-c2c(ccc3ccccc23)O1)C(C)=O. The Morgan fingerprint density at radius 3 is 1.62 bits per heavy atom. The molecule has 1 heterocycles. The van der Waals surface area contributed by atoms with Gasteiger partial charge in [0.25, 0.3) is 0 Å². The van der Waals surface area contributed by atoms with Gasteiger partial charge in [0, 0.05) is 11.1 Å². The van der Waals surface area contributed by atoms with Crippen molar-refractivity contribution in [3.8, 4) is 22.6 Å². The second-order valence-electron chi connectivity index (χ2n) is 10.7. The van der Waals surface area contributed by atoms with E-state index in [9.17, 15) is 14.5 Å². The molecule has 40 heavy (non-hydrogen) atoms. The number of rotatable bonds is 6. The molecule has 0 bridgehead atoms. The molecule has 1 aliphatic rings. The third kappa shape index (κ3) is 4.46. The van der Waals surface area contributed by atoms with Gasteiger partial charge in [-0.05, 0) is 72.0 Å². The monoisotopic (exact) mass is 548 g/mol. The van der Waals surface area contributed by atoms with E-state index in [0.717, 1.165) is 38.2 Å². The van der Waals surface area contributed by atoms with E-state index in [0.29, 0.717) is 17.1 Å². The van der Waals surface area contributed by atoms with Crippen molar-refractivity contribution in [2.45, 2.75) is 33.4 Å². The molecule has 200 valence electrons. The van der Waals surface area contributed by atoms with Crippen LogP contribution in [0.15, 0.2) is 97.1 Å². The van der Waals surface area contributed by atoms with Crippen molar-refractivity contribution in [1.29, 1.82) is 0 Å². The van der Waals surface area contributed by atoms with E-state index in [1.165, 1.54) is 13.8 Å². The minimum absolute atomic E-state index is 0.0202. The maximum atomic E-state index is 14.6. The fraction of sp³-hybridized carbons (Fsp3) is 0.176. The maximum absolute atomic E-state index is 14.6. The Morgan fingerprint density at radius 1 is 0.675 bits per heavy atom. The van der Waals surface area contributed by atoms with Crippen molar-refractivity contribution >= 4 is 41.1 Å². The van der Waals surface area contributed by atoms with Gasteiger partial charge in [-0.2, -0.15) is 0 Å². The molecule has 0 atom stereocenters. The molecule has 0 unspecified atom stereocenters. The van der Waals surface area contributed by atoms with E-state index in [1.807, 2.05) is 97.1 Å². The summed E-state index contributed by atoms with van der Waals surface area (Å²) in [7, 11) is -3.81. The predicted octanol–water partition coefficient (Wildman–Crippen LogP) is 7.48. The van der Waals surface area contributed by atoms with E-state index in [4.69, 9.17) is 9.05 Å². The van der Waals surface area contributed by atoms with Gasteiger partial charge in [-0.1, -0.05) is 84.9 Å². The molecule has 0 radical (unpaired) electrons. The normalized spacial score (nSPS) is 14.0. The van der Waals surface area contributed by atoms with Gasteiger partial charge in [-0.25, -0.2) is 0 Å². The molecular weight excluding hydrogens is 519 g/mol. The lowest BCUT2D eigenvalue weighted by atomic mass is 9.76. The molecule has 5 nitrogen and oxygen atoms in total. The van der Waals surface area contributed by atoms with Crippen LogP contribution in [-0.2, 0) is 22.2 Å². The molecule has 0 aliphatic carbocycles. The van der Waals surface area contributed by atoms with Crippen LogP contribution >= 0.6 is 7.94 Å². The standard InChI is InChI=1S/C34H29O5P/c1-22(35)34(3,23(2)36)20-26-12-4-5-13-27(26)21-40(37)38-30-18-16-24-10-6-8-14-28(24)32(30)33-29-15-9-7-11-25(29)17-19-31(33)39-40/h4-19H,20-21H2,1-3H3. The predicted molar refractivity (Wildman–Crippen MR) is 158 cm³/mol. The summed E-state index contributed by atoms with van der Waals surface area (Å²) in [5.74, 6) is 0.578. The van der Waals surface area contributed by atoms with Crippen molar-refractivity contribution in [3.63, 3.8) is 0 Å². The average Bonchev–Trinajstić information content (AvgIpc) is 3.07. The maximum Gasteiger partial charge on any atom is 0.336 e. The Labute approximate surface area is 234 Å². The minimum atomic E-state index is -3.81. The van der Waals surface area contributed by atoms with Gasteiger partial charge in [0.05, 0.1) is 5.41 Å². The number of carbonyl (C=O) groups excluding carboxylic acids is 2. The molecule has 6 heteroatoms. The zero-order valence-corrected chi connectivity index (χ0v) is 23.5. The first-order valence-electron chi connectivity index (χ1n) is 13.3. The fourth-order valence-electron chi connectivity index (χ4n) is 5.52. The zero-order chi connectivity index (χ0) is 28.1. The van der Waals surface area contributed by atoms with Gasteiger partial charge in [0.2, 0.25) is 0 Å². The first kappa shape index (κ1) is 26.2. The summed E-state index contributed by atoms with van der Waals surface area (Å²) >= 11 is 0. The van der Waals surface area contributed by atoms with E-state index < -0.39 is 13.4 Å². The Hall–Kier alpha value is -4.05. The smallest absolute Gasteiger partial charge is 0.336 e. The molecule has 0 fully saturated rings. The molecule has 0 N–H and O–H groups in total. The summed E-state index contributed by atoms with van der Waals surface area (Å²) in [5.41, 5.74) is 1.99. The van der Waals surface area contributed by atoms with Crippen molar-refractivity contribution in [1.82, 2.24) is 0 Å². The Balaban J connectivity index is 1.51. The topological polar surface area (TPSA) is 75.7 Å². The molecule has 5 aromatic rings. The quantitative estimate of drug-likeness (QED) is 0.162. The zero-order valence-electron chi connectivity index (χ0n) is 22.6. The lowest BCUT2D eigenvalue weighted by Gasteiger charge is -2.29. The third-order valence-electron chi connectivity index (χ3n) is 8.09. The summed E-state index contributed by atoms with van der Waals surface area (Å²) in [6.45, 7) is 4.54. The van der Waals surface area contributed by atoms with Gasteiger partial charge < -0.3 is 13.9 Å². The second kappa shape index (κ2) is 9.85. The van der Waals surface area contributed by atoms with Crippen LogP contribution in [0.3, 0.4) is 0 Å². The van der Waals surface area contributed by atoms with E-state index in [-0.39, 0.29) is 24.1 Å². The van der Waals surface area contributed by atoms with Crippen LogP contribution < -0.4 is 13.9 Å². The van der Waals surface area contributed by atoms with Crippen LogP contribution in [0.4, 0.5) is 0 Å². The highest BCUT2D eigenvalue weighted by molar-refractivity contribution is 7.59. The number of fused-ring (bicyclic) bond motifs is 7. The lowest BCUT2D eigenvalue weighted by Crippen LogP contribution is -2.36. The van der Waals surface area contributed by atoms with Crippen LogP contribution in [0, 0.1) is 5.41 Å². The first-order valence-corrected chi connectivity index (χ1v) is 15.0. The van der Waals surface area contributed by atoms with Crippen LogP contribution in [0.25, 0.3) is 32.7 Å². The molecule has 6 rings (SSSR count). The largest absolute Gasteiger partial charge is 0.616 e. The van der Waals surface area contributed by atoms with Crippen LogP contribution in [0.1, 0.15) is 31.9 Å². The van der Waals surface area contributed by atoms with Gasteiger partial charge in [-0.3, -0.25) is 9.59 Å². The van der Waals surface area contributed by atoms with Crippen molar-refractivity contribution in [3.05, 3.63) is 108 Å². The summed E-state index contributed by atoms with van der Waals surface area (Å²) < 4.78 is 12.7. The molecule has 0 spiro atoms. The molecule has 5 aromatic carbocycles. The summed E-state index contributed by atoms with van der Waals surface area (Å²) in [6, 6.07) is 31.2. The van der Waals surface area contributed by atoms with Crippen molar-refractivity contribution in [2.24, 2.45) is 5.41 Å². The number of hydrogen-bond donors (Lipinski definition) is 0. The van der Waals surface area contributed by atoms with Crippen LogP contribution in [0.5, 0.6) is 11.5 Å². The highest BCUT2D eigenvalue weighted by Gasteiger charge is 2.42. The fourth-order valence-corrected chi connectivity index (χ4v) is 7.32. The number of benzene rings is 5. The third-order valence-corrected chi connectivity index (χ3v) is 9.76.